The summed E-state index contributed by atoms with van der Waals surface area (Å²) < 4.78 is 0. The Hall–Kier alpha value is -1.79. The molecule has 2 rings (SSSR count). The van der Waals surface area contributed by atoms with Gasteiger partial charge in [-0.15, -0.1) is 0 Å². The number of nitrogens with one attached hydrogen (secondary N) is 2. The van der Waals surface area contributed by atoms with Crippen LogP contribution in [0.4, 0.5) is 4.79 Å². The van der Waals surface area contributed by atoms with E-state index in [-0.39, 0.29) is 12.5 Å². The van der Waals surface area contributed by atoms with Gasteiger partial charge < -0.3 is 20.6 Å². The minimum atomic E-state index is -1.09. The van der Waals surface area contributed by atoms with Gasteiger partial charge in [0.2, 0.25) is 5.91 Å². The summed E-state index contributed by atoms with van der Waals surface area (Å²) in [6, 6.07) is -1.26. The third-order valence-electron chi connectivity index (χ3n) is 3.75. The molecule has 1 saturated carbocycles. The van der Waals surface area contributed by atoms with Gasteiger partial charge in [-0.2, -0.15) is 0 Å². The van der Waals surface area contributed by atoms with Crippen LogP contribution in [-0.2, 0) is 9.59 Å². The highest BCUT2D eigenvalue weighted by atomic mass is 16.4. The van der Waals surface area contributed by atoms with Crippen molar-refractivity contribution in [2.75, 3.05) is 19.6 Å². The van der Waals surface area contributed by atoms with Gasteiger partial charge in [0, 0.05) is 19.6 Å². The summed E-state index contributed by atoms with van der Waals surface area (Å²) in [4.78, 5) is 35.7. The SMILES string of the molecule is CC1CC1CNC(=O)N1CCNC(=O)C1CC(=O)O. The maximum absolute atomic E-state index is 12.0. The molecule has 3 amide bonds. The number of hydrogen-bond acceptors (Lipinski definition) is 3. The Morgan fingerprint density at radius 3 is 2.79 bits per heavy atom. The second kappa shape index (κ2) is 5.46. The molecule has 1 aliphatic carbocycles. The molecule has 0 spiro atoms. The zero-order valence-corrected chi connectivity index (χ0v) is 10.9. The topological polar surface area (TPSA) is 98.7 Å². The average Bonchev–Trinajstić information content (AvgIpc) is 3.04. The summed E-state index contributed by atoms with van der Waals surface area (Å²) in [7, 11) is 0. The molecule has 7 heteroatoms. The smallest absolute Gasteiger partial charge is 0.318 e. The minimum absolute atomic E-state index is 0.343. The van der Waals surface area contributed by atoms with E-state index >= 15 is 0 Å². The Kier molecular flexibility index (Phi) is 3.92. The molecule has 3 atom stereocenters. The van der Waals surface area contributed by atoms with Gasteiger partial charge in [0.1, 0.15) is 6.04 Å². The van der Waals surface area contributed by atoms with E-state index in [1.54, 1.807) is 0 Å². The average molecular weight is 269 g/mol. The van der Waals surface area contributed by atoms with Crippen LogP contribution in [0, 0.1) is 11.8 Å². The molecule has 1 heterocycles. The second-order valence-corrected chi connectivity index (χ2v) is 5.26. The quantitative estimate of drug-likeness (QED) is 0.648. The van der Waals surface area contributed by atoms with Crippen LogP contribution in [0.3, 0.4) is 0 Å². The molecule has 0 aromatic carbocycles. The van der Waals surface area contributed by atoms with E-state index < -0.39 is 17.9 Å². The molecule has 0 aromatic heterocycles. The standard InChI is InChI=1S/C12H19N3O4/c1-7-4-8(7)6-14-12(19)15-3-2-13-11(18)9(15)5-10(16)17/h7-9H,2-6H2,1H3,(H,13,18)(H,14,19)(H,16,17). The fourth-order valence-electron chi connectivity index (χ4n) is 2.33. The highest BCUT2D eigenvalue weighted by Crippen LogP contribution is 2.36. The number of urea groups is 1. The Bertz CT molecular complexity index is 398. The molecule has 2 aliphatic rings. The third-order valence-corrected chi connectivity index (χ3v) is 3.75. The van der Waals surface area contributed by atoms with Crippen LogP contribution in [0.5, 0.6) is 0 Å². The second-order valence-electron chi connectivity index (χ2n) is 5.26. The van der Waals surface area contributed by atoms with Crippen molar-refractivity contribution in [1.82, 2.24) is 15.5 Å². The maximum atomic E-state index is 12.0. The van der Waals surface area contributed by atoms with E-state index in [1.807, 2.05) is 0 Å². The van der Waals surface area contributed by atoms with Gasteiger partial charge in [-0.25, -0.2) is 4.79 Å². The molecule has 1 aliphatic heterocycles. The highest BCUT2D eigenvalue weighted by Gasteiger charge is 2.36. The van der Waals surface area contributed by atoms with Crippen molar-refractivity contribution in [1.29, 1.82) is 0 Å². The molecule has 106 valence electrons. The van der Waals surface area contributed by atoms with Crippen LogP contribution in [0.1, 0.15) is 19.8 Å². The fourth-order valence-corrected chi connectivity index (χ4v) is 2.33. The maximum Gasteiger partial charge on any atom is 0.318 e. The molecule has 3 N–H and O–H groups in total. The predicted molar refractivity (Wildman–Crippen MR) is 66.4 cm³/mol. The lowest BCUT2D eigenvalue weighted by Gasteiger charge is -2.34. The van der Waals surface area contributed by atoms with Crippen molar-refractivity contribution in [2.45, 2.75) is 25.8 Å². The van der Waals surface area contributed by atoms with Crippen LogP contribution in [0.2, 0.25) is 0 Å². The molecule has 7 nitrogen and oxygen atoms in total. The van der Waals surface area contributed by atoms with Gasteiger partial charge in [-0.3, -0.25) is 9.59 Å². The summed E-state index contributed by atoms with van der Waals surface area (Å²) in [5, 5.41) is 14.2. The molecule has 0 aromatic rings. The predicted octanol–water partition coefficient (Wildman–Crippen LogP) is -0.373. The van der Waals surface area contributed by atoms with Gasteiger partial charge in [0.25, 0.3) is 0 Å². The van der Waals surface area contributed by atoms with E-state index in [2.05, 4.69) is 17.6 Å². The largest absolute Gasteiger partial charge is 0.481 e. The Balaban J connectivity index is 1.91. The lowest BCUT2D eigenvalue weighted by atomic mass is 10.1. The summed E-state index contributed by atoms with van der Waals surface area (Å²) in [6.07, 6.45) is 0.748. The van der Waals surface area contributed by atoms with Gasteiger partial charge in [0.05, 0.1) is 6.42 Å². The number of carbonyl (C=O) groups is 3. The summed E-state index contributed by atoms with van der Waals surface area (Å²) in [5.74, 6) is -0.334. The van der Waals surface area contributed by atoms with Crippen molar-refractivity contribution in [3.05, 3.63) is 0 Å². The zero-order chi connectivity index (χ0) is 14.0. The number of piperazine rings is 1. The molecule has 1 saturated heterocycles. The molecule has 0 radical (unpaired) electrons. The molecular weight excluding hydrogens is 250 g/mol. The van der Waals surface area contributed by atoms with Crippen molar-refractivity contribution in [3.8, 4) is 0 Å². The molecule has 0 bridgehead atoms. The highest BCUT2D eigenvalue weighted by molar-refractivity contribution is 5.91. The van der Waals surface area contributed by atoms with Crippen LogP contribution < -0.4 is 10.6 Å². The first-order valence-corrected chi connectivity index (χ1v) is 6.53. The number of carboxylic acid groups (broad SMARTS) is 1. The number of carboxylic acids is 1. The van der Waals surface area contributed by atoms with Gasteiger partial charge in [-0.05, 0) is 18.3 Å². The molecule has 2 fully saturated rings. The van der Waals surface area contributed by atoms with Crippen molar-refractivity contribution < 1.29 is 19.5 Å². The fraction of sp³-hybridized carbons (Fsp3) is 0.750. The van der Waals surface area contributed by atoms with Gasteiger partial charge >= 0.3 is 12.0 Å². The van der Waals surface area contributed by atoms with E-state index in [4.69, 9.17) is 5.11 Å². The Morgan fingerprint density at radius 1 is 1.53 bits per heavy atom. The van der Waals surface area contributed by atoms with Gasteiger partial charge in [-0.1, -0.05) is 6.92 Å². The number of carbonyl (C=O) groups excluding carboxylic acids is 2. The van der Waals surface area contributed by atoms with Crippen molar-refractivity contribution >= 4 is 17.9 Å². The van der Waals surface area contributed by atoms with Crippen molar-refractivity contribution in [2.24, 2.45) is 11.8 Å². The van der Waals surface area contributed by atoms with Gasteiger partial charge in [0.15, 0.2) is 0 Å². The first kappa shape index (κ1) is 13.6. The zero-order valence-electron chi connectivity index (χ0n) is 10.9. The lowest BCUT2D eigenvalue weighted by Crippen LogP contribution is -2.60. The summed E-state index contributed by atoms with van der Waals surface area (Å²) in [5.41, 5.74) is 0. The monoisotopic (exact) mass is 269 g/mol. The van der Waals surface area contributed by atoms with Crippen LogP contribution in [0.15, 0.2) is 0 Å². The number of hydrogen-bond donors (Lipinski definition) is 3. The normalized spacial score (nSPS) is 29.6. The first-order chi connectivity index (χ1) is 8.99. The first-order valence-electron chi connectivity index (χ1n) is 6.53. The number of amides is 3. The minimum Gasteiger partial charge on any atom is -0.481 e. The summed E-state index contributed by atoms with van der Waals surface area (Å²) >= 11 is 0. The Morgan fingerprint density at radius 2 is 2.21 bits per heavy atom. The van der Waals surface area contributed by atoms with E-state index in [1.165, 1.54) is 4.90 Å². The van der Waals surface area contributed by atoms with Crippen LogP contribution >= 0.6 is 0 Å². The van der Waals surface area contributed by atoms with E-state index in [0.29, 0.717) is 31.5 Å². The number of nitrogens with zero attached hydrogens (tertiary/aromatic N) is 1. The molecule has 3 unspecified atom stereocenters. The number of aliphatic carboxylic acids is 1. The van der Waals surface area contributed by atoms with Crippen molar-refractivity contribution in [3.63, 3.8) is 0 Å². The molecular formula is C12H19N3O4. The van der Waals surface area contributed by atoms with E-state index in [0.717, 1.165) is 6.42 Å². The number of rotatable bonds is 4. The summed E-state index contributed by atoms with van der Waals surface area (Å²) in [6.45, 7) is 3.42. The third kappa shape index (κ3) is 3.36. The molecule has 19 heavy (non-hydrogen) atoms. The van der Waals surface area contributed by atoms with E-state index in [9.17, 15) is 14.4 Å². The Labute approximate surface area is 111 Å². The lowest BCUT2D eigenvalue weighted by molar-refractivity contribution is -0.142. The van der Waals surface area contributed by atoms with Crippen LogP contribution in [0.25, 0.3) is 0 Å². The van der Waals surface area contributed by atoms with Crippen LogP contribution in [-0.4, -0.2) is 53.6 Å².